The number of aromatic nitrogens is 2. The standard InChI is InChI=1S/C14H17BrN4O/c1-8-3-2-4-11(8)18-13-10(14(16)20)6-17-19-7-9(15)5-12(13)19/h5-8,11,18H,2-4H2,1H3,(H2,16,20). The highest BCUT2D eigenvalue weighted by molar-refractivity contribution is 9.10. The summed E-state index contributed by atoms with van der Waals surface area (Å²) >= 11 is 3.44. The van der Waals surface area contributed by atoms with E-state index in [1.165, 1.54) is 19.0 Å². The van der Waals surface area contributed by atoms with Crippen LogP contribution in [0.1, 0.15) is 36.5 Å². The number of anilines is 1. The minimum absolute atomic E-state index is 0.382. The van der Waals surface area contributed by atoms with Crippen molar-refractivity contribution in [3.63, 3.8) is 0 Å². The van der Waals surface area contributed by atoms with Gasteiger partial charge in [-0.3, -0.25) is 4.79 Å². The van der Waals surface area contributed by atoms with Crippen LogP contribution in [0.15, 0.2) is 22.9 Å². The second kappa shape index (κ2) is 5.09. The van der Waals surface area contributed by atoms with Crippen molar-refractivity contribution in [2.24, 2.45) is 11.7 Å². The number of hydrogen-bond acceptors (Lipinski definition) is 3. The SMILES string of the molecule is CC1CCCC1Nc1c(C(N)=O)cnn2cc(Br)cc12. The van der Waals surface area contributed by atoms with E-state index in [0.717, 1.165) is 22.1 Å². The van der Waals surface area contributed by atoms with E-state index in [-0.39, 0.29) is 0 Å². The Balaban J connectivity index is 2.09. The van der Waals surface area contributed by atoms with E-state index in [4.69, 9.17) is 5.73 Å². The van der Waals surface area contributed by atoms with E-state index < -0.39 is 5.91 Å². The fourth-order valence-corrected chi connectivity index (χ4v) is 3.32. The largest absolute Gasteiger partial charge is 0.380 e. The molecule has 0 saturated heterocycles. The number of primary amides is 1. The summed E-state index contributed by atoms with van der Waals surface area (Å²) in [5.74, 6) is 0.146. The lowest BCUT2D eigenvalue weighted by Gasteiger charge is -2.20. The molecule has 2 unspecified atom stereocenters. The van der Waals surface area contributed by atoms with Gasteiger partial charge >= 0.3 is 0 Å². The minimum atomic E-state index is -0.453. The first-order valence-electron chi connectivity index (χ1n) is 6.79. The van der Waals surface area contributed by atoms with Crippen LogP contribution in [0.3, 0.4) is 0 Å². The number of carbonyl (C=O) groups is 1. The Hall–Kier alpha value is -1.56. The topological polar surface area (TPSA) is 72.4 Å². The summed E-state index contributed by atoms with van der Waals surface area (Å²) in [5, 5.41) is 7.74. The average Bonchev–Trinajstić information content (AvgIpc) is 2.95. The van der Waals surface area contributed by atoms with Crippen molar-refractivity contribution in [3.05, 3.63) is 28.5 Å². The highest BCUT2D eigenvalue weighted by Gasteiger charge is 2.25. The van der Waals surface area contributed by atoms with E-state index in [2.05, 4.69) is 33.3 Å². The van der Waals surface area contributed by atoms with E-state index >= 15 is 0 Å². The summed E-state index contributed by atoms with van der Waals surface area (Å²) in [4.78, 5) is 11.6. The summed E-state index contributed by atoms with van der Waals surface area (Å²) in [6.45, 7) is 2.24. The third-order valence-electron chi connectivity index (χ3n) is 4.06. The van der Waals surface area contributed by atoms with Crippen molar-refractivity contribution in [2.75, 3.05) is 5.32 Å². The van der Waals surface area contributed by atoms with E-state index in [1.54, 1.807) is 4.52 Å². The Labute approximate surface area is 125 Å². The molecule has 3 rings (SSSR count). The zero-order valence-corrected chi connectivity index (χ0v) is 12.9. The van der Waals surface area contributed by atoms with E-state index in [0.29, 0.717) is 17.5 Å². The van der Waals surface area contributed by atoms with Crippen LogP contribution in [-0.4, -0.2) is 21.6 Å². The monoisotopic (exact) mass is 336 g/mol. The van der Waals surface area contributed by atoms with Crippen molar-refractivity contribution in [2.45, 2.75) is 32.2 Å². The van der Waals surface area contributed by atoms with Crippen molar-refractivity contribution < 1.29 is 4.79 Å². The van der Waals surface area contributed by atoms with Crippen LogP contribution in [0.2, 0.25) is 0 Å². The molecule has 0 radical (unpaired) electrons. The maximum atomic E-state index is 11.6. The van der Waals surface area contributed by atoms with Crippen molar-refractivity contribution >= 4 is 33.0 Å². The molecule has 1 saturated carbocycles. The zero-order valence-electron chi connectivity index (χ0n) is 11.3. The normalized spacial score (nSPS) is 22.3. The molecular formula is C14H17BrN4O. The van der Waals surface area contributed by atoms with Crippen LogP contribution in [0, 0.1) is 5.92 Å². The Morgan fingerprint density at radius 3 is 3.00 bits per heavy atom. The number of hydrogen-bond donors (Lipinski definition) is 2. The van der Waals surface area contributed by atoms with Crippen LogP contribution in [0.4, 0.5) is 5.69 Å². The summed E-state index contributed by atoms with van der Waals surface area (Å²) in [6, 6.07) is 2.33. The van der Waals surface area contributed by atoms with Gasteiger partial charge in [0.25, 0.3) is 5.91 Å². The first-order valence-corrected chi connectivity index (χ1v) is 7.59. The van der Waals surface area contributed by atoms with E-state index in [9.17, 15) is 4.79 Å². The fourth-order valence-electron chi connectivity index (χ4n) is 2.91. The fraction of sp³-hybridized carbons (Fsp3) is 0.429. The molecule has 1 fully saturated rings. The number of carbonyl (C=O) groups excluding carboxylic acids is 1. The molecule has 6 heteroatoms. The third-order valence-corrected chi connectivity index (χ3v) is 4.49. The van der Waals surface area contributed by atoms with Crippen LogP contribution in [0.25, 0.3) is 5.52 Å². The van der Waals surface area contributed by atoms with Gasteiger partial charge in [0.05, 0.1) is 23.0 Å². The zero-order chi connectivity index (χ0) is 14.3. The quantitative estimate of drug-likeness (QED) is 0.905. The first kappa shape index (κ1) is 13.4. The number of rotatable bonds is 3. The molecule has 1 aliphatic carbocycles. The lowest BCUT2D eigenvalue weighted by Crippen LogP contribution is -2.25. The Morgan fingerprint density at radius 1 is 1.55 bits per heavy atom. The lowest BCUT2D eigenvalue weighted by molar-refractivity contribution is 0.100. The number of nitrogens with one attached hydrogen (secondary N) is 1. The van der Waals surface area contributed by atoms with Gasteiger partial charge in [-0.1, -0.05) is 13.3 Å². The molecular weight excluding hydrogens is 320 g/mol. The van der Waals surface area contributed by atoms with Gasteiger partial charge in [0.1, 0.15) is 0 Å². The molecule has 0 aliphatic heterocycles. The molecule has 1 aliphatic rings. The number of nitrogens with two attached hydrogens (primary N) is 1. The smallest absolute Gasteiger partial charge is 0.252 e. The van der Waals surface area contributed by atoms with Gasteiger partial charge in [0.2, 0.25) is 0 Å². The summed E-state index contributed by atoms with van der Waals surface area (Å²) in [7, 11) is 0. The molecule has 3 N–H and O–H groups in total. The summed E-state index contributed by atoms with van der Waals surface area (Å²) < 4.78 is 2.67. The van der Waals surface area contributed by atoms with Crippen LogP contribution < -0.4 is 11.1 Å². The molecule has 0 bridgehead atoms. The van der Waals surface area contributed by atoms with Crippen LogP contribution in [-0.2, 0) is 0 Å². The molecule has 2 aromatic heterocycles. The molecule has 106 valence electrons. The first-order chi connectivity index (χ1) is 9.56. The van der Waals surface area contributed by atoms with Crippen LogP contribution >= 0.6 is 15.9 Å². The van der Waals surface area contributed by atoms with Gasteiger partial charge in [-0.05, 0) is 40.8 Å². The summed E-state index contributed by atoms with van der Waals surface area (Å²) in [6.07, 6.45) is 6.95. The molecule has 0 spiro atoms. The predicted octanol–water partition coefficient (Wildman–Crippen LogP) is 2.80. The molecule has 2 atom stereocenters. The maximum absolute atomic E-state index is 11.6. The molecule has 1 amide bonds. The Bertz CT molecular complexity index is 666. The van der Waals surface area contributed by atoms with Crippen molar-refractivity contribution in [1.29, 1.82) is 0 Å². The predicted molar refractivity (Wildman–Crippen MR) is 81.8 cm³/mol. The van der Waals surface area contributed by atoms with Gasteiger partial charge in [-0.25, -0.2) is 4.52 Å². The van der Waals surface area contributed by atoms with Crippen molar-refractivity contribution in [3.8, 4) is 0 Å². The van der Waals surface area contributed by atoms with E-state index in [1.807, 2.05) is 12.3 Å². The van der Waals surface area contributed by atoms with Gasteiger partial charge in [-0.2, -0.15) is 5.10 Å². The van der Waals surface area contributed by atoms with Gasteiger partial charge in [-0.15, -0.1) is 0 Å². The molecule has 5 nitrogen and oxygen atoms in total. The second-order valence-electron chi connectivity index (χ2n) is 5.44. The minimum Gasteiger partial charge on any atom is -0.380 e. The lowest BCUT2D eigenvalue weighted by atomic mass is 10.1. The van der Waals surface area contributed by atoms with Gasteiger partial charge < -0.3 is 11.1 Å². The van der Waals surface area contributed by atoms with Gasteiger partial charge in [0.15, 0.2) is 0 Å². The average molecular weight is 337 g/mol. The number of halogens is 1. The molecule has 20 heavy (non-hydrogen) atoms. The highest BCUT2D eigenvalue weighted by atomic mass is 79.9. The Morgan fingerprint density at radius 2 is 2.35 bits per heavy atom. The van der Waals surface area contributed by atoms with Crippen LogP contribution in [0.5, 0.6) is 0 Å². The maximum Gasteiger partial charge on any atom is 0.252 e. The second-order valence-corrected chi connectivity index (χ2v) is 6.36. The third kappa shape index (κ3) is 2.28. The van der Waals surface area contributed by atoms with Crippen molar-refractivity contribution in [1.82, 2.24) is 9.61 Å². The molecule has 0 aromatic carbocycles. The summed E-state index contributed by atoms with van der Waals surface area (Å²) in [5.41, 5.74) is 7.58. The number of amides is 1. The molecule has 2 heterocycles. The molecule has 2 aromatic rings. The van der Waals surface area contributed by atoms with Gasteiger partial charge in [0, 0.05) is 16.7 Å². The number of nitrogens with zero attached hydrogens (tertiary/aromatic N) is 2. The Kier molecular flexibility index (Phi) is 3.41. The highest BCUT2D eigenvalue weighted by Crippen LogP contribution is 2.32. The number of fused-ring (bicyclic) bond motifs is 1.